The third kappa shape index (κ3) is 5.98. The van der Waals surface area contributed by atoms with Crippen molar-refractivity contribution in [3.63, 3.8) is 0 Å². The summed E-state index contributed by atoms with van der Waals surface area (Å²) in [6.07, 6.45) is -3.96. The number of nitrogens with zero attached hydrogens (tertiary/aromatic N) is 2. The number of alkyl halides is 3. The van der Waals surface area contributed by atoms with Crippen molar-refractivity contribution < 1.29 is 27.2 Å². The van der Waals surface area contributed by atoms with Crippen LogP contribution in [0.5, 0.6) is 5.75 Å². The summed E-state index contributed by atoms with van der Waals surface area (Å²) in [5, 5.41) is 6.67. The molecule has 0 spiro atoms. The van der Waals surface area contributed by atoms with Crippen LogP contribution in [-0.2, 0) is 0 Å². The maximum atomic E-state index is 12.6. The van der Waals surface area contributed by atoms with Crippen LogP contribution in [0.15, 0.2) is 28.8 Å². The third-order valence-electron chi connectivity index (χ3n) is 4.27. The van der Waals surface area contributed by atoms with Gasteiger partial charge in [0, 0.05) is 12.1 Å². The van der Waals surface area contributed by atoms with Crippen molar-refractivity contribution in [3.05, 3.63) is 35.5 Å². The van der Waals surface area contributed by atoms with E-state index >= 15 is 0 Å². The average molecular weight is 399 g/mol. The molecule has 6 nitrogen and oxygen atoms in total. The Morgan fingerprint density at radius 3 is 2.43 bits per heavy atom. The van der Waals surface area contributed by atoms with Gasteiger partial charge >= 0.3 is 6.36 Å². The van der Waals surface area contributed by atoms with Crippen LogP contribution in [0.3, 0.4) is 0 Å². The van der Waals surface area contributed by atoms with E-state index in [1.54, 1.807) is 6.92 Å². The van der Waals surface area contributed by atoms with E-state index in [2.05, 4.69) is 34.0 Å². The van der Waals surface area contributed by atoms with Crippen LogP contribution >= 0.6 is 0 Å². The molecular weight excluding hydrogens is 375 g/mol. The zero-order chi connectivity index (χ0) is 20.7. The van der Waals surface area contributed by atoms with Gasteiger partial charge < -0.3 is 19.5 Å². The molecule has 2 aromatic rings. The average Bonchev–Trinajstić information content (AvgIpc) is 3.02. The molecule has 0 aliphatic carbocycles. The van der Waals surface area contributed by atoms with Crippen molar-refractivity contribution >= 4 is 5.91 Å². The minimum absolute atomic E-state index is 0.206. The van der Waals surface area contributed by atoms with Gasteiger partial charge in [-0.25, -0.2) is 0 Å². The van der Waals surface area contributed by atoms with Crippen LogP contribution in [0.4, 0.5) is 13.2 Å². The molecule has 1 heterocycles. The fourth-order valence-electron chi connectivity index (χ4n) is 2.77. The number of carbonyl (C=O) groups is 1. The first kappa shape index (κ1) is 21.7. The number of hydrogen-bond donors (Lipinski definition) is 1. The van der Waals surface area contributed by atoms with Crippen LogP contribution in [0.2, 0.25) is 0 Å². The number of aromatic nitrogens is 1. The first-order chi connectivity index (χ1) is 13.2. The van der Waals surface area contributed by atoms with Gasteiger partial charge in [0.05, 0.1) is 5.69 Å². The number of rotatable bonds is 9. The van der Waals surface area contributed by atoms with Crippen LogP contribution in [0.1, 0.15) is 36.3 Å². The number of carbonyl (C=O) groups excluding carboxylic acids is 1. The van der Waals surface area contributed by atoms with E-state index in [-0.39, 0.29) is 23.0 Å². The van der Waals surface area contributed by atoms with Crippen molar-refractivity contribution in [2.24, 2.45) is 0 Å². The van der Waals surface area contributed by atoms with Gasteiger partial charge in [-0.05, 0) is 57.2 Å². The van der Waals surface area contributed by atoms with Crippen molar-refractivity contribution in [2.45, 2.75) is 33.6 Å². The summed E-state index contributed by atoms with van der Waals surface area (Å²) < 4.78 is 45.9. The molecule has 0 bridgehead atoms. The maximum Gasteiger partial charge on any atom is 0.573 e. The zero-order valence-corrected chi connectivity index (χ0v) is 16.1. The number of hydrogen-bond acceptors (Lipinski definition) is 5. The summed E-state index contributed by atoms with van der Waals surface area (Å²) in [5.41, 5.74) is 1.11. The van der Waals surface area contributed by atoms with E-state index in [0.717, 1.165) is 38.2 Å². The first-order valence-electron chi connectivity index (χ1n) is 9.08. The number of benzene rings is 1. The summed E-state index contributed by atoms with van der Waals surface area (Å²) in [6, 6.07) is 5.09. The lowest BCUT2D eigenvalue weighted by Crippen LogP contribution is -2.30. The van der Waals surface area contributed by atoms with Crippen molar-refractivity contribution in [1.82, 2.24) is 15.4 Å². The molecule has 1 aromatic carbocycles. The van der Waals surface area contributed by atoms with Crippen molar-refractivity contribution in [2.75, 3.05) is 26.2 Å². The van der Waals surface area contributed by atoms with E-state index in [1.165, 1.54) is 12.1 Å². The second-order valence-electron chi connectivity index (χ2n) is 6.18. The van der Waals surface area contributed by atoms with Crippen molar-refractivity contribution in [3.8, 4) is 17.1 Å². The minimum Gasteiger partial charge on any atom is -0.406 e. The van der Waals surface area contributed by atoms with Crippen LogP contribution in [0.25, 0.3) is 11.3 Å². The fourth-order valence-corrected chi connectivity index (χ4v) is 2.77. The summed E-state index contributed by atoms with van der Waals surface area (Å²) in [6.45, 7) is 9.08. The molecule has 0 saturated heterocycles. The van der Waals surface area contributed by atoms with Crippen LogP contribution in [-0.4, -0.2) is 48.5 Å². The third-order valence-corrected chi connectivity index (χ3v) is 4.27. The predicted octanol–water partition coefficient (Wildman–Crippen LogP) is 4.01. The van der Waals surface area contributed by atoms with Gasteiger partial charge in [-0.1, -0.05) is 19.0 Å². The Hall–Kier alpha value is -2.55. The van der Waals surface area contributed by atoms with E-state index in [9.17, 15) is 18.0 Å². The van der Waals surface area contributed by atoms with Gasteiger partial charge in [0.2, 0.25) is 0 Å². The Bertz CT molecular complexity index is 769. The molecule has 0 radical (unpaired) electrons. The quantitative estimate of drug-likeness (QED) is 0.646. The van der Waals surface area contributed by atoms with Gasteiger partial charge in [-0.2, -0.15) is 0 Å². The summed E-state index contributed by atoms with van der Waals surface area (Å²) in [7, 11) is 0. The standard InChI is InChI=1S/C19H24F3N3O3/c1-4-25(5-2)12-6-11-23-18(26)16-13(3)24-28-17(16)14-7-9-15(10-8-14)27-19(20,21)22/h7-10H,4-6,11-12H2,1-3H3,(H,23,26). The Balaban J connectivity index is 2.05. The highest BCUT2D eigenvalue weighted by atomic mass is 19.4. The molecule has 2 rings (SSSR count). The number of halogens is 3. The lowest BCUT2D eigenvalue weighted by atomic mass is 10.1. The SMILES string of the molecule is CCN(CC)CCCNC(=O)c1c(C)noc1-c1ccc(OC(F)(F)F)cc1. The predicted molar refractivity (Wildman–Crippen MR) is 98.1 cm³/mol. The Kier molecular flexibility index (Phi) is 7.45. The van der Waals surface area contributed by atoms with Gasteiger partial charge in [0.1, 0.15) is 11.3 Å². The molecule has 1 N–H and O–H groups in total. The number of aryl methyl sites for hydroxylation is 1. The molecule has 1 amide bonds. The normalized spacial score (nSPS) is 11.7. The zero-order valence-electron chi connectivity index (χ0n) is 16.1. The highest BCUT2D eigenvalue weighted by molar-refractivity contribution is 6.00. The van der Waals surface area contributed by atoms with E-state index in [0.29, 0.717) is 17.8 Å². The maximum absolute atomic E-state index is 12.6. The molecule has 28 heavy (non-hydrogen) atoms. The van der Waals surface area contributed by atoms with Gasteiger partial charge in [0.25, 0.3) is 5.91 Å². The highest BCUT2D eigenvalue weighted by Gasteiger charge is 2.31. The molecule has 0 aliphatic rings. The number of amides is 1. The molecule has 0 fully saturated rings. The Morgan fingerprint density at radius 2 is 1.86 bits per heavy atom. The lowest BCUT2D eigenvalue weighted by Gasteiger charge is -2.17. The van der Waals surface area contributed by atoms with Gasteiger partial charge in [-0.15, -0.1) is 13.2 Å². The molecule has 0 saturated carbocycles. The Labute approximate surface area is 161 Å². The molecule has 154 valence electrons. The van der Waals surface area contributed by atoms with E-state index < -0.39 is 6.36 Å². The van der Waals surface area contributed by atoms with Crippen LogP contribution in [0, 0.1) is 6.92 Å². The largest absolute Gasteiger partial charge is 0.573 e. The number of nitrogens with one attached hydrogen (secondary N) is 1. The Morgan fingerprint density at radius 1 is 1.21 bits per heavy atom. The van der Waals surface area contributed by atoms with E-state index in [4.69, 9.17) is 4.52 Å². The van der Waals surface area contributed by atoms with Crippen molar-refractivity contribution in [1.29, 1.82) is 0 Å². The fraction of sp³-hybridized carbons (Fsp3) is 0.474. The number of ether oxygens (including phenoxy) is 1. The van der Waals surface area contributed by atoms with Gasteiger partial charge in [0.15, 0.2) is 5.76 Å². The smallest absolute Gasteiger partial charge is 0.406 e. The second kappa shape index (κ2) is 9.59. The molecule has 0 aliphatic heterocycles. The molecule has 0 unspecified atom stereocenters. The monoisotopic (exact) mass is 399 g/mol. The topological polar surface area (TPSA) is 67.6 Å². The summed E-state index contributed by atoms with van der Waals surface area (Å²) >= 11 is 0. The summed E-state index contributed by atoms with van der Waals surface area (Å²) in [5.74, 6) is -0.476. The van der Waals surface area contributed by atoms with Gasteiger partial charge in [-0.3, -0.25) is 4.79 Å². The minimum atomic E-state index is -4.76. The first-order valence-corrected chi connectivity index (χ1v) is 9.08. The second-order valence-corrected chi connectivity index (χ2v) is 6.18. The molecule has 9 heteroatoms. The lowest BCUT2D eigenvalue weighted by molar-refractivity contribution is -0.274. The van der Waals surface area contributed by atoms with Crippen LogP contribution < -0.4 is 10.1 Å². The molecule has 1 aromatic heterocycles. The van der Waals surface area contributed by atoms with E-state index in [1.807, 2.05) is 0 Å². The molecule has 0 atom stereocenters. The highest BCUT2D eigenvalue weighted by Crippen LogP contribution is 2.29. The summed E-state index contributed by atoms with van der Waals surface area (Å²) in [4.78, 5) is 14.8. The molecular formula is C19H24F3N3O3.